The first-order chi connectivity index (χ1) is 13.5. The van der Waals surface area contributed by atoms with Crippen molar-refractivity contribution in [2.75, 3.05) is 33.3 Å². The van der Waals surface area contributed by atoms with Crippen LogP contribution in [0.1, 0.15) is 26.3 Å². The number of amides is 1. The highest BCUT2D eigenvalue weighted by atomic mass is 16.6. The van der Waals surface area contributed by atoms with E-state index in [-0.39, 0.29) is 22.7 Å². The molecular weight excluding hydrogens is 362 g/mol. The summed E-state index contributed by atoms with van der Waals surface area (Å²) >= 11 is 0. The van der Waals surface area contributed by atoms with Crippen molar-refractivity contribution in [3.05, 3.63) is 75.3 Å². The summed E-state index contributed by atoms with van der Waals surface area (Å²) in [6, 6.07) is 13.8. The average molecular weight is 384 g/mol. The maximum absolute atomic E-state index is 12.8. The van der Waals surface area contributed by atoms with Crippen LogP contribution >= 0.6 is 0 Å². The van der Waals surface area contributed by atoms with Crippen LogP contribution in [0.15, 0.2) is 48.5 Å². The molecule has 28 heavy (non-hydrogen) atoms. The van der Waals surface area contributed by atoms with Gasteiger partial charge >= 0.3 is 5.97 Å². The first kappa shape index (κ1) is 19.5. The number of benzene rings is 2. The predicted molar refractivity (Wildman–Crippen MR) is 101 cm³/mol. The van der Waals surface area contributed by atoms with Gasteiger partial charge < -0.3 is 14.5 Å². The first-order valence-corrected chi connectivity index (χ1v) is 9.02. The van der Waals surface area contributed by atoms with Crippen molar-refractivity contribution < 1.29 is 24.1 Å². The molecule has 1 N–H and O–H groups in total. The number of nitro groups is 1. The molecule has 0 aromatic heterocycles. The third-order valence-corrected chi connectivity index (χ3v) is 4.85. The van der Waals surface area contributed by atoms with Crippen molar-refractivity contribution in [2.45, 2.75) is 6.54 Å². The molecule has 0 unspecified atom stereocenters. The summed E-state index contributed by atoms with van der Waals surface area (Å²) in [6.45, 7) is 3.58. The average Bonchev–Trinajstić information content (AvgIpc) is 2.73. The largest absolute Gasteiger partial charge is 0.465 e. The fourth-order valence-electron chi connectivity index (χ4n) is 3.35. The number of hydrogen-bond acceptors (Lipinski definition) is 5. The zero-order valence-electron chi connectivity index (χ0n) is 15.6. The van der Waals surface area contributed by atoms with E-state index in [1.807, 2.05) is 18.2 Å². The Bertz CT molecular complexity index is 877. The molecule has 0 aliphatic carbocycles. The molecule has 1 amide bonds. The Morgan fingerprint density at radius 2 is 1.75 bits per heavy atom. The van der Waals surface area contributed by atoms with Gasteiger partial charge in [0.2, 0.25) is 0 Å². The smallest absolute Gasteiger partial charge is 0.338 e. The second-order valence-electron chi connectivity index (χ2n) is 6.72. The van der Waals surface area contributed by atoms with Gasteiger partial charge in [0.25, 0.3) is 11.6 Å². The number of nitrogens with one attached hydrogen (secondary N) is 1. The van der Waals surface area contributed by atoms with Crippen LogP contribution in [-0.4, -0.2) is 55.0 Å². The number of nitrogens with zero attached hydrogens (tertiary/aromatic N) is 2. The molecule has 1 saturated heterocycles. The molecular formula is C20H22N3O5+. The normalized spacial score (nSPS) is 14.5. The highest BCUT2D eigenvalue weighted by Gasteiger charge is 2.27. The van der Waals surface area contributed by atoms with Crippen molar-refractivity contribution in [1.82, 2.24) is 4.90 Å². The molecule has 0 bridgehead atoms. The van der Waals surface area contributed by atoms with Crippen molar-refractivity contribution in [2.24, 2.45) is 0 Å². The molecule has 8 nitrogen and oxygen atoms in total. The van der Waals surface area contributed by atoms with Crippen LogP contribution in [0, 0.1) is 10.1 Å². The van der Waals surface area contributed by atoms with Crippen molar-refractivity contribution in [3.8, 4) is 0 Å². The van der Waals surface area contributed by atoms with Gasteiger partial charge in [0.15, 0.2) is 0 Å². The van der Waals surface area contributed by atoms with Gasteiger partial charge in [-0.3, -0.25) is 14.9 Å². The van der Waals surface area contributed by atoms with Crippen molar-refractivity contribution in [3.63, 3.8) is 0 Å². The minimum atomic E-state index is -0.713. The Balaban J connectivity index is 1.70. The Morgan fingerprint density at radius 1 is 1.11 bits per heavy atom. The fraction of sp³-hybridized carbons (Fsp3) is 0.300. The predicted octanol–water partition coefficient (Wildman–Crippen LogP) is 0.922. The highest BCUT2D eigenvalue weighted by molar-refractivity contribution is 5.99. The number of hydrogen-bond donors (Lipinski definition) is 1. The van der Waals surface area contributed by atoms with E-state index in [9.17, 15) is 19.7 Å². The van der Waals surface area contributed by atoms with Gasteiger partial charge in [-0.15, -0.1) is 0 Å². The number of carbonyl (C=O) groups is 2. The fourth-order valence-corrected chi connectivity index (χ4v) is 3.35. The Hall–Kier alpha value is -3.26. The highest BCUT2D eigenvalue weighted by Crippen LogP contribution is 2.19. The van der Waals surface area contributed by atoms with Gasteiger partial charge in [0.05, 0.1) is 43.8 Å². The van der Waals surface area contributed by atoms with Crippen molar-refractivity contribution >= 4 is 17.6 Å². The number of nitro benzene ring substituents is 1. The molecule has 1 aliphatic heterocycles. The zero-order valence-corrected chi connectivity index (χ0v) is 15.6. The number of methoxy groups -OCH3 is 1. The number of carbonyl (C=O) groups excluding carboxylic acids is 2. The van der Waals surface area contributed by atoms with Crippen LogP contribution < -0.4 is 4.90 Å². The summed E-state index contributed by atoms with van der Waals surface area (Å²) in [5.74, 6) is -1.03. The summed E-state index contributed by atoms with van der Waals surface area (Å²) in [5, 5.41) is 11.2. The van der Waals surface area contributed by atoms with Gasteiger partial charge in [-0.1, -0.05) is 30.3 Å². The monoisotopic (exact) mass is 384 g/mol. The summed E-state index contributed by atoms with van der Waals surface area (Å²) in [5.41, 5.74) is 1.06. The topological polar surface area (TPSA) is 94.2 Å². The van der Waals surface area contributed by atoms with Gasteiger partial charge in [-0.05, 0) is 6.07 Å². The number of rotatable bonds is 5. The standard InChI is InChI=1S/C20H21N3O5/c1-28-20(25)17-11-16(12-18(13-17)23(26)27)19(24)22-9-7-21(8-10-22)14-15-5-3-2-4-6-15/h2-6,11-13H,7-10,14H2,1H3/p+1. The van der Waals surface area contributed by atoms with Crippen LogP contribution in [0.4, 0.5) is 5.69 Å². The number of ether oxygens (including phenoxy) is 1. The molecule has 3 rings (SSSR count). The van der Waals surface area contributed by atoms with Gasteiger partial charge in [0.1, 0.15) is 6.54 Å². The molecule has 1 heterocycles. The molecule has 1 aliphatic rings. The second-order valence-corrected chi connectivity index (χ2v) is 6.72. The van der Waals surface area contributed by atoms with E-state index < -0.39 is 10.9 Å². The van der Waals surface area contributed by atoms with Crippen LogP contribution in [0.2, 0.25) is 0 Å². The summed E-state index contributed by atoms with van der Waals surface area (Å²) < 4.78 is 4.63. The molecule has 0 radical (unpaired) electrons. The molecule has 0 atom stereocenters. The lowest BCUT2D eigenvalue weighted by Crippen LogP contribution is -3.13. The zero-order chi connectivity index (χ0) is 20.1. The molecule has 0 saturated carbocycles. The van der Waals surface area contributed by atoms with E-state index in [1.54, 1.807) is 4.90 Å². The van der Waals surface area contributed by atoms with Gasteiger partial charge in [-0.2, -0.15) is 0 Å². The van der Waals surface area contributed by atoms with Gasteiger partial charge in [0, 0.05) is 23.3 Å². The SMILES string of the molecule is COC(=O)c1cc(C(=O)N2CC[NH+](Cc3ccccc3)CC2)cc([N+](=O)[O-])c1. The minimum absolute atomic E-state index is 0.00612. The first-order valence-electron chi connectivity index (χ1n) is 9.02. The third-order valence-electron chi connectivity index (χ3n) is 4.85. The second kappa shape index (κ2) is 8.62. The molecule has 0 spiro atoms. The van der Waals surface area contributed by atoms with Crippen LogP contribution in [0.25, 0.3) is 0 Å². The molecule has 2 aromatic rings. The van der Waals surface area contributed by atoms with Crippen LogP contribution in [-0.2, 0) is 11.3 Å². The van der Waals surface area contributed by atoms with Gasteiger partial charge in [-0.25, -0.2) is 4.79 Å². The quantitative estimate of drug-likeness (QED) is 0.470. The lowest BCUT2D eigenvalue weighted by molar-refractivity contribution is -0.917. The lowest BCUT2D eigenvalue weighted by atomic mass is 10.1. The van der Waals surface area contributed by atoms with Crippen LogP contribution in [0.5, 0.6) is 0 Å². The Morgan fingerprint density at radius 3 is 2.36 bits per heavy atom. The van der Waals surface area contributed by atoms with E-state index >= 15 is 0 Å². The lowest BCUT2D eigenvalue weighted by Gasteiger charge is -2.32. The number of esters is 1. The van der Waals surface area contributed by atoms with E-state index in [2.05, 4.69) is 16.9 Å². The molecule has 8 heteroatoms. The van der Waals surface area contributed by atoms with E-state index in [1.165, 1.54) is 29.7 Å². The third kappa shape index (κ3) is 4.52. The minimum Gasteiger partial charge on any atom is -0.465 e. The van der Waals surface area contributed by atoms with E-state index in [0.29, 0.717) is 13.1 Å². The summed E-state index contributed by atoms with van der Waals surface area (Å²) in [6.07, 6.45) is 0. The van der Waals surface area contributed by atoms with Crippen molar-refractivity contribution in [1.29, 1.82) is 0 Å². The Kier molecular flexibility index (Phi) is 6.00. The number of non-ortho nitro benzene ring substituents is 1. The molecule has 2 aromatic carbocycles. The summed E-state index contributed by atoms with van der Waals surface area (Å²) in [4.78, 5) is 38.2. The van der Waals surface area contributed by atoms with Crippen LogP contribution in [0.3, 0.4) is 0 Å². The maximum atomic E-state index is 12.8. The summed E-state index contributed by atoms with van der Waals surface area (Å²) in [7, 11) is 1.19. The van der Waals surface area contributed by atoms with E-state index in [0.717, 1.165) is 25.7 Å². The molecule has 1 fully saturated rings. The maximum Gasteiger partial charge on any atom is 0.338 e. The Labute approximate surface area is 162 Å². The number of piperazine rings is 1. The van der Waals surface area contributed by atoms with E-state index in [4.69, 9.17) is 0 Å². The number of quaternary nitrogens is 1. The molecule has 146 valence electrons.